The highest BCUT2D eigenvalue weighted by atomic mass is 32.2. The quantitative estimate of drug-likeness (QED) is 0.0937. The Hall–Kier alpha value is -4.61. The highest BCUT2D eigenvalue weighted by molar-refractivity contribution is 7.86. The molecule has 17 heteroatoms. The number of alkyl halides is 3. The highest BCUT2D eigenvalue weighted by Crippen LogP contribution is 2.52. The van der Waals surface area contributed by atoms with E-state index in [1.54, 1.807) is 19.9 Å². The molecular weight excluding hydrogens is 732 g/mol. The maximum Gasteiger partial charge on any atom is 0.433 e. The first-order chi connectivity index (χ1) is 24.1. The van der Waals surface area contributed by atoms with Crippen molar-refractivity contribution in [2.45, 2.75) is 40.1 Å². The lowest BCUT2D eigenvalue weighted by Crippen LogP contribution is -2.46. The molecule has 3 aromatic carbocycles. The normalized spacial score (nSPS) is 12.3. The first-order valence-corrected chi connectivity index (χ1v) is 19.0. The third kappa shape index (κ3) is 10.9. The smallest absolute Gasteiger partial charge is 0.433 e. The maximum atomic E-state index is 13.7. The molecule has 0 amide bonds. The molecule has 1 N–H and O–H groups in total. The fraction of sp³-hybridized carbons (Fsp3) is 0.371. The SMILES string of the molecule is COc1cc(-c2cc(OC)c(-c3ccc(OCC=C(C)C)c(OS(C)(=O)=O)c3)c(OS(C)(=O)=O)c2OC)ccc1N(CC=C(C)C)C(O)C(F)(F)F. The largest absolute Gasteiger partial charge is 0.496 e. The van der Waals surface area contributed by atoms with Crippen LogP contribution in [0.2, 0.25) is 0 Å². The van der Waals surface area contributed by atoms with Crippen LogP contribution in [-0.4, -0.2) is 81.3 Å². The van der Waals surface area contributed by atoms with Crippen LogP contribution >= 0.6 is 0 Å². The molecule has 0 saturated carbocycles. The van der Waals surface area contributed by atoms with Crippen molar-refractivity contribution in [3.63, 3.8) is 0 Å². The molecule has 0 saturated heterocycles. The van der Waals surface area contributed by atoms with Gasteiger partial charge in [0.1, 0.15) is 18.1 Å². The molecular formula is C35H42F3NO11S2. The van der Waals surface area contributed by atoms with E-state index < -0.39 is 32.6 Å². The van der Waals surface area contributed by atoms with Gasteiger partial charge in [-0.25, -0.2) is 0 Å². The fourth-order valence-electron chi connectivity index (χ4n) is 4.88. The Morgan fingerprint density at radius 1 is 0.750 bits per heavy atom. The van der Waals surface area contributed by atoms with Crippen LogP contribution in [0.1, 0.15) is 27.7 Å². The van der Waals surface area contributed by atoms with Crippen molar-refractivity contribution in [1.29, 1.82) is 0 Å². The molecule has 3 rings (SSSR count). The summed E-state index contributed by atoms with van der Waals surface area (Å²) in [5.41, 5.74) is 2.22. The van der Waals surface area contributed by atoms with Crippen LogP contribution in [0.15, 0.2) is 65.8 Å². The Bertz CT molecular complexity index is 2040. The van der Waals surface area contributed by atoms with Crippen molar-refractivity contribution >= 4 is 25.9 Å². The van der Waals surface area contributed by atoms with E-state index in [9.17, 15) is 35.1 Å². The van der Waals surface area contributed by atoms with Gasteiger partial charge in [0.2, 0.25) is 6.23 Å². The molecule has 52 heavy (non-hydrogen) atoms. The molecule has 0 heterocycles. The number of hydrogen-bond acceptors (Lipinski definition) is 12. The molecule has 0 radical (unpaired) electrons. The van der Waals surface area contributed by atoms with Crippen LogP contribution in [0.3, 0.4) is 0 Å². The lowest BCUT2D eigenvalue weighted by molar-refractivity contribution is -0.203. The molecule has 0 fully saturated rings. The Morgan fingerprint density at radius 2 is 1.33 bits per heavy atom. The van der Waals surface area contributed by atoms with Gasteiger partial charge < -0.3 is 37.3 Å². The standard InChI is InChI=1S/C35H42F3NO11S2/c1-21(2)14-16-39(34(40)35(36,37)38)26-12-10-23(18-28(26)45-5)25-20-30(46-6)31(33(32(25)47-7)50-52(9,43)44)24-11-13-27(48-17-15-22(3)4)29(19-24)49-51(8,41)42/h10-15,18-20,34,40H,16-17H2,1-9H3. The molecule has 12 nitrogen and oxygen atoms in total. The third-order valence-corrected chi connectivity index (χ3v) is 8.10. The zero-order chi connectivity index (χ0) is 39.2. The molecule has 3 aromatic rings. The zero-order valence-electron chi connectivity index (χ0n) is 30.1. The second-order valence-electron chi connectivity index (χ2n) is 11.9. The monoisotopic (exact) mass is 773 g/mol. The van der Waals surface area contributed by atoms with Crippen molar-refractivity contribution in [3.8, 4) is 56.8 Å². The number of ether oxygens (including phenoxy) is 4. The lowest BCUT2D eigenvalue weighted by atomic mass is 9.95. The van der Waals surface area contributed by atoms with Crippen LogP contribution in [0.4, 0.5) is 18.9 Å². The van der Waals surface area contributed by atoms with E-state index in [0.717, 1.165) is 23.0 Å². The van der Waals surface area contributed by atoms with Crippen LogP contribution < -0.4 is 32.2 Å². The zero-order valence-corrected chi connectivity index (χ0v) is 31.7. The van der Waals surface area contributed by atoms with E-state index in [2.05, 4.69) is 0 Å². The first kappa shape index (κ1) is 41.8. The lowest BCUT2D eigenvalue weighted by Gasteiger charge is -2.31. The Morgan fingerprint density at radius 3 is 1.85 bits per heavy atom. The summed E-state index contributed by atoms with van der Waals surface area (Å²) >= 11 is 0. The summed E-state index contributed by atoms with van der Waals surface area (Å²) in [7, 11) is -4.54. The predicted octanol–water partition coefficient (Wildman–Crippen LogP) is 6.72. The van der Waals surface area contributed by atoms with E-state index in [0.29, 0.717) is 5.57 Å². The minimum Gasteiger partial charge on any atom is -0.496 e. The molecule has 1 atom stereocenters. The molecule has 0 aliphatic carbocycles. The van der Waals surface area contributed by atoms with Gasteiger partial charge in [-0.3, -0.25) is 0 Å². The number of anilines is 1. The Labute approximate surface area is 302 Å². The van der Waals surface area contributed by atoms with Gasteiger partial charge >= 0.3 is 26.4 Å². The number of aliphatic hydroxyl groups is 1. The molecule has 0 spiro atoms. The average Bonchev–Trinajstić information content (AvgIpc) is 3.02. The summed E-state index contributed by atoms with van der Waals surface area (Å²) in [6.07, 6.45) is -2.93. The number of aliphatic hydroxyl groups excluding tert-OH is 1. The van der Waals surface area contributed by atoms with Crippen molar-refractivity contribution in [3.05, 3.63) is 65.8 Å². The second kappa shape index (κ2) is 16.8. The first-order valence-electron chi connectivity index (χ1n) is 15.4. The summed E-state index contributed by atoms with van der Waals surface area (Å²) in [4.78, 5) is 0.720. The highest BCUT2D eigenvalue weighted by Gasteiger charge is 2.43. The van der Waals surface area contributed by atoms with E-state index in [1.807, 2.05) is 13.8 Å². The van der Waals surface area contributed by atoms with Crippen LogP contribution in [0.25, 0.3) is 22.3 Å². The van der Waals surface area contributed by atoms with E-state index in [-0.39, 0.29) is 75.6 Å². The van der Waals surface area contributed by atoms with Crippen LogP contribution in [-0.2, 0) is 20.2 Å². The number of nitrogens with zero attached hydrogens (tertiary/aromatic N) is 1. The number of hydrogen-bond donors (Lipinski definition) is 1. The summed E-state index contributed by atoms with van der Waals surface area (Å²) in [6.45, 7) is 6.91. The molecule has 286 valence electrons. The van der Waals surface area contributed by atoms with Crippen LogP contribution in [0, 0.1) is 0 Å². The van der Waals surface area contributed by atoms with Gasteiger partial charge in [-0.2, -0.15) is 30.0 Å². The van der Waals surface area contributed by atoms with Gasteiger partial charge in [-0.1, -0.05) is 29.4 Å². The average molecular weight is 774 g/mol. The Balaban J connectivity index is 2.36. The topological polar surface area (TPSA) is 147 Å². The summed E-state index contributed by atoms with van der Waals surface area (Å²) in [6, 6.07) is 9.82. The molecule has 0 bridgehead atoms. The fourth-order valence-corrected chi connectivity index (χ4v) is 5.80. The molecule has 1 unspecified atom stereocenters. The molecule has 0 aliphatic heterocycles. The predicted molar refractivity (Wildman–Crippen MR) is 192 cm³/mol. The summed E-state index contributed by atoms with van der Waals surface area (Å²) < 4.78 is 124. The maximum absolute atomic E-state index is 13.7. The molecule has 0 aliphatic rings. The number of methoxy groups -OCH3 is 3. The van der Waals surface area contributed by atoms with Crippen molar-refractivity contribution in [1.82, 2.24) is 0 Å². The minimum absolute atomic E-state index is 0.0208. The minimum atomic E-state index is -4.99. The van der Waals surface area contributed by atoms with Crippen LogP contribution in [0.5, 0.6) is 34.5 Å². The van der Waals surface area contributed by atoms with Gasteiger partial charge in [0.25, 0.3) is 0 Å². The number of benzene rings is 3. The van der Waals surface area contributed by atoms with E-state index >= 15 is 0 Å². The van der Waals surface area contributed by atoms with Gasteiger partial charge in [0.05, 0.1) is 45.1 Å². The van der Waals surface area contributed by atoms with Gasteiger partial charge in [-0.15, -0.1) is 0 Å². The summed E-state index contributed by atoms with van der Waals surface area (Å²) in [5, 5.41) is 10.3. The Kier molecular flexibility index (Phi) is 13.5. The second-order valence-corrected chi connectivity index (χ2v) is 15.1. The van der Waals surface area contributed by atoms with Crippen molar-refractivity contribution in [2.24, 2.45) is 0 Å². The summed E-state index contributed by atoms with van der Waals surface area (Å²) in [5.74, 6) is -0.674. The van der Waals surface area contributed by atoms with Crippen molar-refractivity contribution in [2.75, 3.05) is 51.9 Å². The third-order valence-electron chi connectivity index (χ3n) is 7.15. The number of halogens is 3. The van der Waals surface area contributed by atoms with Crippen molar-refractivity contribution < 1.29 is 62.4 Å². The van der Waals surface area contributed by atoms with Gasteiger partial charge in [0, 0.05) is 12.1 Å². The van der Waals surface area contributed by atoms with E-state index in [4.69, 9.17) is 27.3 Å². The van der Waals surface area contributed by atoms with Gasteiger partial charge in [-0.05, 0) is 75.2 Å². The number of rotatable bonds is 16. The number of allylic oxidation sites excluding steroid dienone is 2. The van der Waals surface area contributed by atoms with Gasteiger partial charge in [0.15, 0.2) is 23.0 Å². The van der Waals surface area contributed by atoms with E-state index in [1.165, 1.54) is 69.9 Å². The molecule has 0 aromatic heterocycles.